The van der Waals surface area contributed by atoms with Crippen molar-refractivity contribution in [1.82, 2.24) is 9.78 Å². The Balaban J connectivity index is 1.90. The Morgan fingerprint density at radius 1 is 0.889 bits per heavy atom. The van der Waals surface area contributed by atoms with E-state index in [1.54, 1.807) is 37.3 Å². The number of aromatic nitrogens is 2. The van der Waals surface area contributed by atoms with E-state index in [4.69, 9.17) is 0 Å². The highest BCUT2D eigenvalue weighted by Gasteiger charge is 2.35. The zero-order chi connectivity index (χ0) is 26.5. The van der Waals surface area contributed by atoms with Gasteiger partial charge in [-0.15, -0.1) is 0 Å². The molecule has 1 heterocycles. The summed E-state index contributed by atoms with van der Waals surface area (Å²) in [5.74, 6) is 0. The van der Waals surface area contributed by atoms with Gasteiger partial charge in [-0.05, 0) is 73.9 Å². The quantitative estimate of drug-likeness (QED) is 0.346. The number of hydrogen-bond donors (Lipinski definition) is 1. The molecule has 0 saturated carbocycles. The maximum absolute atomic E-state index is 13.8. The van der Waals surface area contributed by atoms with E-state index >= 15 is 0 Å². The largest absolute Gasteiger partial charge is 0.417 e. The van der Waals surface area contributed by atoms with Gasteiger partial charge >= 0.3 is 6.18 Å². The lowest BCUT2D eigenvalue weighted by Crippen LogP contribution is -2.16. The Morgan fingerprint density at radius 3 is 2.17 bits per heavy atom. The Bertz CT molecular complexity index is 1550. The second kappa shape index (κ2) is 8.90. The second-order valence-corrected chi connectivity index (χ2v) is 11.2. The number of nitrogens with zero attached hydrogens (tertiary/aromatic N) is 2. The van der Waals surface area contributed by atoms with Crippen LogP contribution in [0.3, 0.4) is 0 Å². The van der Waals surface area contributed by atoms with Crippen LogP contribution in [0.5, 0.6) is 0 Å². The van der Waals surface area contributed by atoms with Crippen LogP contribution in [0.4, 0.5) is 13.2 Å². The minimum absolute atomic E-state index is 0.0580. The first-order valence-electron chi connectivity index (χ1n) is 11.1. The lowest BCUT2D eigenvalue weighted by Gasteiger charge is -2.16. The van der Waals surface area contributed by atoms with Crippen molar-refractivity contribution in [1.29, 1.82) is 0 Å². The molecule has 3 aromatic carbocycles. The number of hydrogen-bond acceptors (Lipinski definition) is 4. The van der Waals surface area contributed by atoms with Crippen LogP contribution >= 0.6 is 0 Å². The molecule has 0 spiro atoms. The predicted octanol–water partition coefficient (Wildman–Crippen LogP) is 6.16. The van der Waals surface area contributed by atoms with Crippen LogP contribution in [0, 0.1) is 6.92 Å². The second-order valence-electron chi connectivity index (χ2n) is 9.23. The number of alkyl halides is 3. The topological polar surface area (TPSA) is 72.2 Å². The van der Waals surface area contributed by atoms with E-state index in [1.807, 2.05) is 6.07 Å². The van der Waals surface area contributed by atoms with Gasteiger partial charge in [0, 0.05) is 11.8 Å². The molecule has 0 saturated heterocycles. The van der Waals surface area contributed by atoms with Gasteiger partial charge in [0.05, 0.1) is 27.5 Å². The summed E-state index contributed by atoms with van der Waals surface area (Å²) in [7, 11) is -3.39. The fourth-order valence-electron chi connectivity index (χ4n) is 3.99. The molecule has 9 heteroatoms. The van der Waals surface area contributed by atoms with Crippen molar-refractivity contribution in [2.45, 2.75) is 37.4 Å². The molecule has 0 atom stereocenters. The number of halogens is 3. The number of benzene rings is 3. The summed E-state index contributed by atoms with van der Waals surface area (Å²) in [6.45, 7) is 4.83. The van der Waals surface area contributed by atoms with Crippen LogP contribution in [-0.2, 0) is 21.6 Å². The molecule has 1 N–H and O–H groups in total. The van der Waals surface area contributed by atoms with Crippen LogP contribution in [0.2, 0.25) is 0 Å². The molecular weight excluding hydrogens is 489 g/mol. The maximum Gasteiger partial charge on any atom is 0.417 e. The Hall–Kier alpha value is -3.43. The van der Waals surface area contributed by atoms with Gasteiger partial charge < -0.3 is 5.11 Å². The zero-order valence-corrected chi connectivity index (χ0v) is 20.9. The third kappa shape index (κ3) is 5.08. The normalized spacial score (nSPS) is 12.7. The predicted molar refractivity (Wildman–Crippen MR) is 133 cm³/mol. The van der Waals surface area contributed by atoms with Crippen LogP contribution in [-0.4, -0.2) is 29.6 Å². The Kier molecular flexibility index (Phi) is 6.34. The average Bonchev–Trinajstić information content (AvgIpc) is 3.24. The molecule has 0 fully saturated rings. The summed E-state index contributed by atoms with van der Waals surface area (Å²) in [5.41, 5.74) is 0.828. The standard InChI is InChI=1S/C27H25F3N2O3S/c1-17-14-19(18-8-7-9-20(15-18)36(4,34)35)12-13-23(17)32-24(16-25(31-32)26(2,3)33)21-10-5-6-11-22(21)27(28,29)30/h5-16,33H,1-4H3. The molecule has 0 aliphatic carbocycles. The highest BCUT2D eigenvalue weighted by molar-refractivity contribution is 7.90. The molecular formula is C27H25F3N2O3S. The maximum atomic E-state index is 13.8. The fourth-order valence-corrected chi connectivity index (χ4v) is 4.66. The average molecular weight is 515 g/mol. The van der Waals surface area contributed by atoms with Crippen molar-refractivity contribution in [2.75, 3.05) is 6.26 Å². The highest BCUT2D eigenvalue weighted by Crippen LogP contribution is 2.39. The van der Waals surface area contributed by atoms with E-state index in [2.05, 4.69) is 5.10 Å². The SMILES string of the molecule is Cc1cc(-c2cccc(S(C)(=O)=O)c2)ccc1-n1nc(C(C)(C)O)cc1-c1ccccc1C(F)(F)F. The zero-order valence-electron chi connectivity index (χ0n) is 20.1. The van der Waals surface area contributed by atoms with E-state index < -0.39 is 27.2 Å². The van der Waals surface area contributed by atoms with Crippen molar-refractivity contribution < 1.29 is 26.7 Å². The summed E-state index contributed by atoms with van der Waals surface area (Å²) in [6, 6.07) is 18.6. The van der Waals surface area contributed by atoms with Gasteiger partial charge in [-0.3, -0.25) is 0 Å². The molecule has 0 aliphatic heterocycles. The molecule has 4 rings (SSSR count). The summed E-state index contributed by atoms with van der Waals surface area (Å²) in [4.78, 5) is 0.190. The third-order valence-electron chi connectivity index (χ3n) is 5.87. The fraction of sp³-hybridized carbons (Fsp3) is 0.222. The van der Waals surface area contributed by atoms with Gasteiger partial charge in [-0.1, -0.05) is 36.4 Å². The number of sulfone groups is 1. The summed E-state index contributed by atoms with van der Waals surface area (Å²) >= 11 is 0. The molecule has 5 nitrogen and oxygen atoms in total. The first kappa shape index (κ1) is 25.7. The van der Waals surface area contributed by atoms with Crippen molar-refractivity contribution in [3.63, 3.8) is 0 Å². The number of rotatable bonds is 5. The van der Waals surface area contributed by atoms with Gasteiger partial charge in [0.2, 0.25) is 0 Å². The molecule has 1 aromatic heterocycles. The number of aliphatic hydroxyl groups is 1. The first-order chi connectivity index (χ1) is 16.7. The smallest absolute Gasteiger partial charge is 0.384 e. The lowest BCUT2D eigenvalue weighted by molar-refractivity contribution is -0.137. The van der Waals surface area contributed by atoms with Crippen LogP contribution < -0.4 is 0 Å². The van der Waals surface area contributed by atoms with Crippen molar-refractivity contribution in [2.24, 2.45) is 0 Å². The van der Waals surface area contributed by atoms with Crippen molar-refractivity contribution >= 4 is 9.84 Å². The van der Waals surface area contributed by atoms with Crippen LogP contribution in [0.1, 0.15) is 30.7 Å². The monoisotopic (exact) mass is 514 g/mol. The summed E-state index contributed by atoms with van der Waals surface area (Å²) in [6.07, 6.45) is -3.44. The van der Waals surface area contributed by atoms with E-state index in [-0.39, 0.29) is 21.8 Å². The van der Waals surface area contributed by atoms with Crippen LogP contribution in [0.25, 0.3) is 28.1 Å². The molecule has 0 aliphatic rings. The molecule has 4 aromatic rings. The van der Waals surface area contributed by atoms with Gasteiger partial charge in [-0.2, -0.15) is 18.3 Å². The molecule has 0 amide bonds. The van der Waals surface area contributed by atoms with E-state index in [1.165, 1.54) is 48.9 Å². The molecule has 36 heavy (non-hydrogen) atoms. The summed E-state index contributed by atoms with van der Waals surface area (Å²) in [5, 5.41) is 15.0. The van der Waals surface area contributed by atoms with Crippen molar-refractivity contribution in [3.05, 3.63) is 89.6 Å². The van der Waals surface area contributed by atoms with E-state index in [9.17, 15) is 26.7 Å². The highest BCUT2D eigenvalue weighted by atomic mass is 32.2. The molecule has 188 valence electrons. The summed E-state index contributed by atoms with van der Waals surface area (Å²) < 4.78 is 66.8. The Morgan fingerprint density at radius 2 is 1.56 bits per heavy atom. The first-order valence-corrected chi connectivity index (χ1v) is 13.0. The minimum atomic E-state index is -4.58. The molecule has 0 bridgehead atoms. The van der Waals surface area contributed by atoms with E-state index in [0.717, 1.165) is 17.9 Å². The minimum Gasteiger partial charge on any atom is -0.384 e. The molecule has 0 radical (unpaired) electrons. The lowest BCUT2D eigenvalue weighted by atomic mass is 10.00. The van der Waals surface area contributed by atoms with Gasteiger partial charge in [-0.25, -0.2) is 13.1 Å². The van der Waals surface area contributed by atoms with Gasteiger partial charge in [0.15, 0.2) is 9.84 Å². The van der Waals surface area contributed by atoms with Gasteiger partial charge in [0.1, 0.15) is 5.60 Å². The van der Waals surface area contributed by atoms with Crippen molar-refractivity contribution in [3.8, 4) is 28.1 Å². The van der Waals surface area contributed by atoms with Crippen LogP contribution in [0.15, 0.2) is 77.7 Å². The Labute approximate surface area is 207 Å². The number of aryl methyl sites for hydroxylation is 1. The van der Waals surface area contributed by atoms with E-state index in [0.29, 0.717) is 16.8 Å². The molecule has 0 unspecified atom stereocenters. The third-order valence-corrected chi connectivity index (χ3v) is 6.98. The van der Waals surface area contributed by atoms with Gasteiger partial charge in [0.25, 0.3) is 0 Å².